The summed E-state index contributed by atoms with van der Waals surface area (Å²) in [5.41, 5.74) is 3.04. The topological polar surface area (TPSA) is 110 Å². The van der Waals surface area contributed by atoms with Gasteiger partial charge in [0.25, 0.3) is 0 Å². The highest BCUT2D eigenvalue weighted by Crippen LogP contribution is 2.51. The van der Waals surface area contributed by atoms with Crippen LogP contribution in [0.1, 0.15) is 36.8 Å². The Morgan fingerprint density at radius 2 is 1.71 bits per heavy atom. The highest BCUT2D eigenvalue weighted by molar-refractivity contribution is 7.89. The Hall–Kier alpha value is -3.69. The molecule has 1 saturated carbocycles. The fourth-order valence-corrected chi connectivity index (χ4v) is 7.14. The van der Waals surface area contributed by atoms with Crippen molar-refractivity contribution >= 4 is 21.8 Å². The highest BCUT2D eigenvalue weighted by Gasteiger charge is 2.50. The van der Waals surface area contributed by atoms with E-state index in [0.717, 1.165) is 39.4 Å². The summed E-state index contributed by atoms with van der Waals surface area (Å²) in [5, 5.41) is 9.39. The van der Waals surface area contributed by atoms with Gasteiger partial charge in [-0.05, 0) is 72.2 Å². The second-order valence-corrected chi connectivity index (χ2v) is 12.0. The lowest BCUT2D eigenvalue weighted by molar-refractivity contribution is -0.140. The Morgan fingerprint density at radius 1 is 0.947 bits per heavy atom. The average molecular weight is 534 g/mol. The number of carboxylic acids is 1. The summed E-state index contributed by atoms with van der Waals surface area (Å²) in [6, 6.07) is 18.9. The molecule has 0 aromatic heterocycles. The van der Waals surface area contributed by atoms with E-state index < -0.39 is 27.4 Å². The third-order valence-electron chi connectivity index (χ3n) is 7.78. The van der Waals surface area contributed by atoms with Gasteiger partial charge in [-0.15, -0.1) is 0 Å². The molecule has 3 aliphatic rings. The molecule has 2 aliphatic heterocycles. The number of benzene rings is 3. The average Bonchev–Trinajstić information content (AvgIpc) is 3.33. The maximum absolute atomic E-state index is 13.4. The van der Waals surface area contributed by atoms with Gasteiger partial charge >= 0.3 is 5.97 Å². The van der Waals surface area contributed by atoms with Crippen molar-refractivity contribution in [2.24, 2.45) is 0 Å². The summed E-state index contributed by atoms with van der Waals surface area (Å²) in [6.07, 6.45) is 2.74. The number of nitrogens with zero attached hydrogens (tertiary/aromatic N) is 1. The van der Waals surface area contributed by atoms with Gasteiger partial charge in [0.15, 0.2) is 11.5 Å². The van der Waals surface area contributed by atoms with E-state index in [1.807, 2.05) is 42.5 Å². The Bertz CT molecular complexity index is 1530. The zero-order valence-corrected chi connectivity index (χ0v) is 21.4. The van der Waals surface area contributed by atoms with Gasteiger partial charge in [0.05, 0.1) is 10.3 Å². The zero-order valence-electron chi connectivity index (χ0n) is 20.6. The predicted octanol–water partition coefficient (Wildman–Crippen LogP) is 4.16. The molecule has 2 heterocycles. The second-order valence-electron chi connectivity index (χ2n) is 10.1. The van der Waals surface area contributed by atoms with Crippen LogP contribution in [0.25, 0.3) is 11.1 Å². The first-order chi connectivity index (χ1) is 18.3. The monoisotopic (exact) mass is 533 g/mol. The molecule has 8 nitrogen and oxygen atoms in total. The molecule has 9 heteroatoms. The number of carboxylic acid groups (broad SMARTS) is 1. The number of hydrogen-bond donors (Lipinski definition) is 1. The summed E-state index contributed by atoms with van der Waals surface area (Å²) in [5.74, 6) is 0.414. The van der Waals surface area contributed by atoms with Crippen LogP contribution in [0.4, 0.5) is 0 Å². The molecule has 38 heavy (non-hydrogen) atoms. The number of aliphatic carboxylic acids is 1. The van der Waals surface area contributed by atoms with Crippen LogP contribution >= 0.6 is 0 Å². The van der Waals surface area contributed by atoms with Crippen LogP contribution in [-0.4, -0.2) is 49.0 Å². The summed E-state index contributed by atoms with van der Waals surface area (Å²) in [4.78, 5) is 25.0. The first-order valence-corrected chi connectivity index (χ1v) is 14.1. The van der Waals surface area contributed by atoms with Crippen molar-refractivity contribution in [2.75, 3.05) is 13.3 Å². The second kappa shape index (κ2) is 9.25. The van der Waals surface area contributed by atoms with Crippen molar-refractivity contribution in [1.29, 1.82) is 0 Å². The standard InChI is InChI=1S/C29H27NO7S/c31-27(29(12-13-29)22-8-11-25-26(17-22)37-18-36-25)16-19-3-1-4-21(15-19)20-6-9-23(10-7-20)38(34,35)30-14-2-5-24(30)28(32)33/h1,3-4,6-11,15,17,24H,2,5,12-14,16,18H2,(H,32,33)/t24-/m0/s1. The minimum absolute atomic E-state index is 0.0696. The summed E-state index contributed by atoms with van der Waals surface area (Å²) in [7, 11) is -3.90. The molecule has 1 N–H and O–H groups in total. The van der Waals surface area contributed by atoms with Gasteiger partial charge in [0.1, 0.15) is 11.8 Å². The minimum Gasteiger partial charge on any atom is -0.480 e. The van der Waals surface area contributed by atoms with Crippen molar-refractivity contribution in [1.82, 2.24) is 4.31 Å². The molecule has 0 spiro atoms. The summed E-state index contributed by atoms with van der Waals surface area (Å²) < 4.78 is 38.1. The molecule has 1 saturated heterocycles. The van der Waals surface area contributed by atoms with Crippen LogP contribution in [-0.2, 0) is 31.4 Å². The van der Waals surface area contributed by atoms with Crippen LogP contribution in [0.15, 0.2) is 71.6 Å². The first kappa shape index (κ1) is 24.6. The molecule has 1 aliphatic carbocycles. The smallest absolute Gasteiger partial charge is 0.322 e. The van der Waals surface area contributed by atoms with E-state index in [1.165, 1.54) is 12.1 Å². The van der Waals surface area contributed by atoms with Crippen molar-refractivity contribution < 1.29 is 32.6 Å². The molecule has 3 aromatic carbocycles. The van der Waals surface area contributed by atoms with E-state index in [0.29, 0.717) is 30.8 Å². The van der Waals surface area contributed by atoms with Crippen LogP contribution in [0.5, 0.6) is 11.5 Å². The molecule has 6 rings (SSSR count). The summed E-state index contributed by atoms with van der Waals surface area (Å²) >= 11 is 0. The number of carbonyl (C=O) groups excluding carboxylic acids is 1. The van der Waals surface area contributed by atoms with Gasteiger partial charge in [-0.3, -0.25) is 9.59 Å². The largest absolute Gasteiger partial charge is 0.480 e. The fourth-order valence-electron chi connectivity index (χ4n) is 5.49. The molecule has 0 amide bonds. The lowest BCUT2D eigenvalue weighted by atomic mass is 9.87. The number of hydrogen-bond acceptors (Lipinski definition) is 6. The van der Waals surface area contributed by atoms with Crippen LogP contribution in [0.3, 0.4) is 0 Å². The van der Waals surface area contributed by atoms with Gasteiger partial charge in [-0.25, -0.2) is 8.42 Å². The minimum atomic E-state index is -3.90. The molecule has 1 atom stereocenters. The van der Waals surface area contributed by atoms with Crippen molar-refractivity contribution in [3.05, 3.63) is 77.9 Å². The molecular formula is C29H27NO7S. The fraction of sp³-hybridized carbons (Fsp3) is 0.310. The van der Waals surface area contributed by atoms with E-state index in [9.17, 15) is 23.1 Å². The number of ketones is 1. The normalized spacial score (nSPS) is 19.8. The predicted molar refractivity (Wildman–Crippen MR) is 139 cm³/mol. The van der Waals surface area contributed by atoms with Crippen LogP contribution in [0, 0.1) is 0 Å². The van der Waals surface area contributed by atoms with Gasteiger partial charge in [0.2, 0.25) is 16.8 Å². The molecule has 2 fully saturated rings. The van der Waals surface area contributed by atoms with Gasteiger partial charge < -0.3 is 14.6 Å². The number of Topliss-reactive ketones (excluding diaryl/α,β-unsaturated/α-hetero) is 1. The van der Waals surface area contributed by atoms with E-state index in [-0.39, 0.29) is 24.0 Å². The van der Waals surface area contributed by atoms with Gasteiger partial charge in [-0.1, -0.05) is 42.5 Å². The van der Waals surface area contributed by atoms with E-state index in [4.69, 9.17) is 9.47 Å². The first-order valence-electron chi connectivity index (χ1n) is 12.7. The molecule has 0 unspecified atom stereocenters. The van der Waals surface area contributed by atoms with Gasteiger partial charge in [0, 0.05) is 13.0 Å². The number of ether oxygens (including phenoxy) is 2. The molecule has 0 bridgehead atoms. The van der Waals surface area contributed by atoms with Crippen LogP contribution < -0.4 is 9.47 Å². The number of carbonyl (C=O) groups is 2. The maximum atomic E-state index is 13.4. The van der Waals surface area contributed by atoms with E-state index in [2.05, 4.69) is 0 Å². The lowest BCUT2D eigenvalue weighted by Gasteiger charge is -2.21. The Balaban J connectivity index is 1.19. The Kier molecular flexibility index (Phi) is 6.00. The van der Waals surface area contributed by atoms with Gasteiger partial charge in [-0.2, -0.15) is 4.31 Å². The van der Waals surface area contributed by atoms with Crippen molar-refractivity contribution in [2.45, 2.75) is 48.5 Å². The molecular weight excluding hydrogens is 506 g/mol. The number of fused-ring (bicyclic) bond motifs is 1. The van der Waals surface area contributed by atoms with Crippen molar-refractivity contribution in [3.8, 4) is 22.6 Å². The lowest BCUT2D eigenvalue weighted by Crippen LogP contribution is -2.40. The third kappa shape index (κ3) is 4.25. The molecule has 0 radical (unpaired) electrons. The Morgan fingerprint density at radius 3 is 2.45 bits per heavy atom. The number of sulfonamides is 1. The number of rotatable bonds is 8. The van der Waals surface area contributed by atoms with E-state index in [1.54, 1.807) is 12.1 Å². The Labute approximate surface area is 220 Å². The highest BCUT2D eigenvalue weighted by atomic mass is 32.2. The molecule has 196 valence electrons. The maximum Gasteiger partial charge on any atom is 0.322 e. The van der Waals surface area contributed by atoms with E-state index >= 15 is 0 Å². The SMILES string of the molecule is O=C(O)[C@@H]1CCCN1S(=O)(=O)c1ccc(-c2cccc(CC(=O)C3(c4ccc5c(c4)OCO5)CC3)c2)cc1. The third-order valence-corrected chi connectivity index (χ3v) is 9.71. The quantitative estimate of drug-likeness (QED) is 0.463. The van der Waals surface area contributed by atoms with Crippen molar-refractivity contribution in [3.63, 3.8) is 0 Å². The zero-order chi connectivity index (χ0) is 26.5. The molecule has 3 aromatic rings. The summed E-state index contributed by atoms with van der Waals surface area (Å²) in [6.45, 7) is 0.394. The van der Waals surface area contributed by atoms with Crippen LogP contribution in [0.2, 0.25) is 0 Å².